The van der Waals surface area contributed by atoms with Crippen molar-refractivity contribution in [2.45, 2.75) is 77.3 Å². The van der Waals surface area contributed by atoms with Crippen LogP contribution in [0.3, 0.4) is 0 Å². The van der Waals surface area contributed by atoms with E-state index in [2.05, 4.69) is 34.2 Å². The molecular weight excluding hydrogens is 410 g/mol. The van der Waals surface area contributed by atoms with Crippen molar-refractivity contribution >= 4 is 23.2 Å². The maximum Gasteiger partial charge on any atom is 0.230 e. The summed E-state index contributed by atoms with van der Waals surface area (Å²) in [7, 11) is 4.05. The zero-order valence-corrected chi connectivity index (χ0v) is 20.6. The predicted molar refractivity (Wildman–Crippen MR) is 137 cm³/mol. The van der Waals surface area contributed by atoms with E-state index in [-0.39, 0.29) is 23.8 Å². The van der Waals surface area contributed by atoms with Gasteiger partial charge in [0.15, 0.2) is 0 Å². The van der Waals surface area contributed by atoms with Gasteiger partial charge in [0.05, 0.1) is 5.92 Å². The van der Waals surface area contributed by atoms with Gasteiger partial charge >= 0.3 is 0 Å². The van der Waals surface area contributed by atoms with Crippen LogP contribution in [-0.2, 0) is 16.1 Å². The quantitative estimate of drug-likeness (QED) is 0.514. The van der Waals surface area contributed by atoms with E-state index >= 15 is 0 Å². The third-order valence-electron chi connectivity index (χ3n) is 6.71. The van der Waals surface area contributed by atoms with Gasteiger partial charge < -0.3 is 15.1 Å². The van der Waals surface area contributed by atoms with E-state index in [4.69, 9.17) is 0 Å². The minimum atomic E-state index is -0.140. The van der Waals surface area contributed by atoms with Crippen LogP contribution in [0.4, 0.5) is 11.4 Å². The lowest BCUT2D eigenvalue weighted by Gasteiger charge is -2.37. The maximum atomic E-state index is 14.0. The van der Waals surface area contributed by atoms with Gasteiger partial charge in [0, 0.05) is 44.5 Å². The SMILES string of the molecule is CCC(=O)Nc1ccc(N(C)C)c(CN(C(=O)[C@@H](CC)c2ccccc2)C2CCCCC2)c1. The standard InChI is InChI=1S/C28H39N3O2/c1-5-25(21-13-9-7-10-14-21)28(33)31(24-15-11-8-12-16-24)20-22-19-23(29-27(32)6-2)17-18-26(22)30(3)4/h7,9-10,13-14,17-19,24-25H,5-6,8,11-12,15-16,20H2,1-4H3,(H,29,32)/t25-/m0/s1. The fraction of sp³-hybridized carbons (Fsp3) is 0.500. The minimum Gasteiger partial charge on any atom is -0.377 e. The van der Waals surface area contributed by atoms with Crippen LogP contribution in [0, 0.1) is 0 Å². The lowest BCUT2D eigenvalue weighted by molar-refractivity contribution is -0.136. The van der Waals surface area contributed by atoms with E-state index in [1.54, 1.807) is 0 Å². The highest BCUT2D eigenvalue weighted by Gasteiger charge is 2.31. The monoisotopic (exact) mass is 449 g/mol. The number of anilines is 2. The van der Waals surface area contributed by atoms with E-state index in [1.165, 1.54) is 19.3 Å². The van der Waals surface area contributed by atoms with Crippen molar-refractivity contribution in [3.05, 3.63) is 59.7 Å². The molecule has 0 radical (unpaired) electrons. The second-order valence-corrected chi connectivity index (χ2v) is 9.27. The minimum absolute atomic E-state index is 0.00566. The zero-order valence-electron chi connectivity index (χ0n) is 20.6. The smallest absolute Gasteiger partial charge is 0.230 e. The zero-order chi connectivity index (χ0) is 23.8. The molecule has 2 amide bonds. The van der Waals surface area contributed by atoms with E-state index in [0.29, 0.717) is 13.0 Å². The summed E-state index contributed by atoms with van der Waals surface area (Å²) in [6.07, 6.45) is 6.91. The van der Waals surface area contributed by atoms with Crippen molar-refractivity contribution in [1.82, 2.24) is 4.90 Å². The van der Waals surface area contributed by atoms with Crippen molar-refractivity contribution in [3.8, 4) is 0 Å². The molecule has 1 N–H and O–H groups in total. The molecule has 0 saturated heterocycles. The topological polar surface area (TPSA) is 52.7 Å². The van der Waals surface area contributed by atoms with Crippen molar-refractivity contribution in [1.29, 1.82) is 0 Å². The fourth-order valence-electron chi connectivity index (χ4n) is 4.88. The van der Waals surface area contributed by atoms with Gasteiger partial charge in [0.25, 0.3) is 0 Å². The molecule has 5 nitrogen and oxygen atoms in total. The summed E-state index contributed by atoms with van der Waals surface area (Å²) in [5, 5.41) is 2.98. The third kappa shape index (κ3) is 6.37. The van der Waals surface area contributed by atoms with Crippen LogP contribution in [-0.4, -0.2) is 36.9 Å². The molecule has 0 heterocycles. The first kappa shape index (κ1) is 24.8. The normalized spacial score (nSPS) is 15.0. The van der Waals surface area contributed by atoms with Crippen LogP contribution in [0.2, 0.25) is 0 Å². The number of carbonyl (C=O) groups excluding carboxylic acids is 2. The Bertz CT molecular complexity index is 920. The van der Waals surface area contributed by atoms with Crippen LogP contribution < -0.4 is 10.2 Å². The van der Waals surface area contributed by atoms with Gasteiger partial charge in [-0.2, -0.15) is 0 Å². The van der Waals surface area contributed by atoms with E-state index in [0.717, 1.165) is 41.8 Å². The van der Waals surface area contributed by atoms with E-state index in [9.17, 15) is 9.59 Å². The average Bonchev–Trinajstić information content (AvgIpc) is 2.84. The Morgan fingerprint density at radius 1 is 1.00 bits per heavy atom. The molecule has 0 spiro atoms. The molecule has 33 heavy (non-hydrogen) atoms. The number of hydrogen-bond donors (Lipinski definition) is 1. The third-order valence-corrected chi connectivity index (χ3v) is 6.71. The summed E-state index contributed by atoms with van der Waals surface area (Å²) in [5.41, 5.74) is 4.01. The molecule has 0 aliphatic heterocycles. The van der Waals surface area contributed by atoms with Gasteiger partial charge in [-0.1, -0.05) is 63.4 Å². The van der Waals surface area contributed by atoms with Gasteiger partial charge in [-0.25, -0.2) is 0 Å². The highest BCUT2D eigenvalue weighted by molar-refractivity contribution is 5.91. The summed E-state index contributed by atoms with van der Waals surface area (Å²) in [6, 6.07) is 16.4. The first-order chi connectivity index (χ1) is 15.9. The molecule has 0 bridgehead atoms. The number of carbonyl (C=O) groups is 2. The second kappa shape index (κ2) is 11.9. The largest absolute Gasteiger partial charge is 0.377 e. The Morgan fingerprint density at radius 3 is 2.30 bits per heavy atom. The second-order valence-electron chi connectivity index (χ2n) is 9.27. The Kier molecular flexibility index (Phi) is 8.93. The average molecular weight is 450 g/mol. The number of benzene rings is 2. The Morgan fingerprint density at radius 2 is 1.70 bits per heavy atom. The lowest BCUT2D eigenvalue weighted by Crippen LogP contribution is -2.43. The molecule has 1 atom stereocenters. The molecule has 5 heteroatoms. The Hall–Kier alpha value is -2.82. The predicted octanol–water partition coefficient (Wildman–Crippen LogP) is 5.96. The van der Waals surface area contributed by atoms with Gasteiger partial charge in [-0.05, 0) is 48.6 Å². The maximum absolute atomic E-state index is 14.0. The molecule has 0 aromatic heterocycles. The van der Waals surface area contributed by atoms with Crippen LogP contribution in [0.25, 0.3) is 0 Å². The summed E-state index contributed by atoms with van der Waals surface area (Å²) >= 11 is 0. The summed E-state index contributed by atoms with van der Waals surface area (Å²) in [6.45, 7) is 4.50. The number of rotatable bonds is 9. The molecule has 3 rings (SSSR count). The molecule has 2 aromatic rings. The highest BCUT2D eigenvalue weighted by Crippen LogP contribution is 2.32. The van der Waals surface area contributed by atoms with Crippen LogP contribution >= 0.6 is 0 Å². The number of hydrogen-bond acceptors (Lipinski definition) is 3. The molecule has 0 unspecified atom stereocenters. The number of nitrogens with one attached hydrogen (secondary N) is 1. The summed E-state index contributed by atoms with van der Waals surface area (Å²) in [5.74, 6) is 0.0658. The molecule has 1 aliphatic carbocycles. The van der Waals surface area contributed by atoms with E-state index in [1.807, 2.05) is 57.4 Å². The summed E-state index contributed by atoms with van der Waals surface area (Å²) < 4.78 is 0. The molecule has 2 aromatic carbocycles. The van der Waals surface area contributed by atoms with Crippen molar-refractivity contribution in [2.75, 3.05) is 24.3 Å². The molecular formula is C28H39N3O2. The van der Waals surface area contributed by atoms with Crippen molar-refractivity contribution in [2.24, 2.45) is 0 Å². The summed E-state index contributed by atoms with van der Waals surface area (Å²) in [4.78, 5) is 30.2. The van der Waals surface area contributed by atoms with Crippen LogP contribution in [0.5, 0.6) is 0 Å². The first-order valence-corrected chi connectivity index (χ1v) is 12.4. The Balaban J connectivity index is 1.97. The van der Waals surface area contributed by atoms with E-state index < -0.39 is 0 Å². The van der Waals surface area contributed by atoms with Gasteiger partial charge in [0.2, 0.25) is 11.8 Å². The van der Waals surface area contributed by atoms with Gasteiger partial charge in [-0.15, -0.1) is 0 Å². The van der Waals surface area contributed by atoms with Crippen LogP contribution in [0.15, 0.2) is 48.5 Å². The Labute approximate surface area is 199 Å². The fourth-order valence-corrected chi connectivity index (χ4v) is 4.88. The first-order valence-electron chi connectivity index (χ1n) is 12.4. The van der Waals surface area contributed by atoms with Gasteiger partial charge in [0.1, 0.15) is 0 Å². The molecule has 178 valence electrons. The van der Waals surface area contributed by atoms with Crippen molar-refractivity contribution in [3.63, 3.8) is 0 Å². The highest BCUT2D eigenvalue weighted by atomic mass is 16.2. The number of nitrogens with zero attached hydrogens (tertiary/aromatic N) is 2. The molecule has 1 fully saturated rings. The molecule has 1 saturated carbocycles. The molecule has 1 aliphatic rings. The van der Waals surface area contributed by atoms with Gasteiger partial charge in [-0.3, -0.25) is 9.59 Å². The lowest BCUT2D eigenvalue weighted by atomic mass is 9.90. The van der Waals surface area contributed by atoms with Crippen molar-refractivity contribution < 1.29 is 9.59 Å². The number of amides is 2. The van der Waals surface area contributed by atoms with Crippen LogP contribution in [0.1, 0.15) is 75.8 Å².